The average Bonchev–Trinajstić information content (AvgIpc) is 3.63. The summed E-state index contributed by atoms with van der Waals surface area (Å²) in [5, 5.41) is 16.5. The van der Waals surface area contributed by atoms with E-state index in [1.54, 1.807) is 17.1 Å². The molecule has 1 aromatic carbocycles. The van der Waals surface area contributed by atoms with Crippen LogP contribution in [0.2, 0.25) is 0 Å². The first-order chi connectivity index (χ1) is 16.2. The lowest BCUT2D eigenvalue weighted by Crippen LogP contribution is -2.23. The second kappa shape index (κ2) is 8.09. The van der Waals surface area contributed by atoms with Gasteiger partial charge in [0.05, 0.1) is 11.7 Å². The molecule has 9 nitrogen and oxygen atoms in total. The maximum Gasteiger partial charge on any atom is 0.278 e. The van der Waals surface area contributed by atoms with Crippen molar-refractivity contribution in [3.63, 3.8) is 0 Å². The third-order valence-corrected chi connectivity index (χ3v) is 6.28. The molecule has 0 bridgehead atoms. The summed E-state index contributed by atoms with van der Waals surface area (Å²) in [5.41, 5.74) is 5.62. The van der Waals surface area contributed by atoms with Gasteiger partial charge in [-0.2, -0.15) is 4.98 Å². The fourth-order valence-corrected chi connectivity index (χ4v) is 4.49. The highest BCUT2D eigenvalue weighted by Crippen LogP contribution is 2.35. The summed E-state index contributed by atoms with van der Waals surface area (Å²) in [6.45, 7) is 1.89. The number of hydrogen-bond acceptors (Lipinski definition) is 7. The standard InChI is InChI=1S/C24H25N7O2/c32-10-7-17-12-20(6-9-26-17)30-22-21(23(33)31(30)19-3-4-19)14-27-24(29-22)28-18-2-1-16-13-25-8-5-15(16)11-18/h1-2,6,9,11-12,14,19,25,32H,3-5,7-8,10,13H2,(H,27,28,29). The van der Waals surface area contributed by atoms with Crippen LogP contribution < -0.4 is 16.2 Å². The minimum absolute atomic E-state index is 0.0192. The minimum atomic E-state index is -0.0825. The summed E-state index contributed by atoms with van der Waals surface area (Å²) in [6, 6.07) is 10.2. The highest BCUT2D eigenvalue weighted by molar-refractivity contribution is 5.77. The van der Waals surface area contributed by atoms with E-state index in [-0.39, 0.29) is 18.2 Å². The van der Waals surface area contributed by atoms with Crippen molar-refractivity contribution in [3.8, 4) is 5.69 Å². The first-order valence-corrected chi connectivity index (χ1v) is 11.4. The Hall–Kier alpha value is -3.56. The third-order valence-electron chi connectivity index (χ3n) is 6.28. The first-order valence-electron chi connectivity index (χ1n) is 11.4. The number of fused-ring (bicyclic) bond motifs is 2. The highest BCUT2D eigenvalue weighted by atomic mass is 16.3. The van der Waals surface area contributed by atoms with Crippen LogP contribution in [0.15, 0.2) is 47.5 Å². The van der Waals surface area contributed by atoms with Crippen molar-refractivity contribution in [2.75, 3.05) is 18.5 Å². The van der Waals surface area contributed by atoms with Gasteiger partial charge in [0.25, 0.3) is 5.56 Å². The van der Waals surface area contributed by atoms with Crippen LogP contribution in [-0.2, 0) is 19.4 Å². The minimum Gasteiger partial charge on any atom is -0.396 e. The molecule has 0 radical (unpaired) electrons. The zero-order chi connectivity index (χ0) is 22.4. The Morgan fingerprint density at radius 1 is 1.15 bits per heavy atom. The van der Waals surface area contributed by atoms with Crippen LogP contribution >= 0.6 is 0 Å². The van der Waals surface area contributed by atoms with Crippen molar-refractivity contribution in [2.45, 2.75) is 38.3 Å². The van der Waals surface area contributed by atoms with Gasteiger partial charge in [-0.15, -0.1) is 0 Å². The SMILES string of the molecule is O=c1c2cnc(Nc3ccc4c(c3)CCNC4)nc2n(-c2ccnc(CCO)c2)n1C1CC1. The molecule has 4 heterocycles. The second-order valence-electron chi connectivity index (χ2n) is 8.64. The molecular formula is C24H25N7O2. The summed E-state index contributed by atoms with van der Waals surface area (Å²) >= 11 is 0. The Balaban J connectivity index is 1.44. The molecule has 1 aliphatic heterocycles. The largest absolute Gasteiger partial charge is 0.396 e. The van der Waals surface area contributed by atoms with Gasteiger partial charge in [0.2, 0.25) is 5.95 Å². The van der Waals surface area contributed by atoms with E-state index < -0.39 is 0 Å². The van der Waals surface area contributed by atoms with Crippen LogP contribution in [0.25, 0.3) is 16.7 Å². The number of anilines is 2. The van der Waals surface area contributed by atoms with Gasteiger partial charge in [0.15, 0.2) is 5.65 Å². The number of aromatic nitrogens is 5. The van der Waals surface area contributed by atoms with Crippen molar-refractivity contribution in [3.05, 3.63) is 69.9 Å². The summed E-state index contributed by atoms with van der Waals surface area (Å²) in [7, 11) is 0. The zero-order valence-corrected chi connectivity index (χ0v) is 18.2. The van der Waals surface area contributed by atoms with Gasteiger partial charge < -0.3 is 15.7 Å². The molecule has 3 aromatic heterocycles. The second-order valence-corrected chi connectivity index (χ2v) is 8.64. The molecule has 1 aliphatic carbocycles. The van der Waals surface area contributed by atoms with Crippen molar-refractivity contribution in [1.29, 1.82) is 0 Å². The van der Waals surface area contributed by atoms with E-state index >= 15 is 0 Å². The molecule has 0 unspecified atom stereocenters. The van der Waals surface area contributed by atoms with E-state index in [9.17, 15) is 9.90 Å². The lowest BCUT2D eigenvalue weighted by Gasteiger charge is -2.18. The molecule has 0 spiro atoms. The Kier molecular flexibility index (Phi) is 4.92. The van der Waals surface area contributed by atoms with Crippen molar-refractivity contribution < 1.29 is 5.11 Å². The molecule has 0 saturated heterocycles. The van der Waals surface area contributed by atoms with Crippen LogP contribution in [0.4, 0.5) is 11.6 Å². The summed E-state index contributed by atoms with van der Waals surface area (Å²) in [4.78, 5) is 26.8. The van der Waals surface area contributed by atoms with E-state index in [0.717, 1.165) is 49.4 Å². The van der Waals surface area contributed by atoms with Crippen molar-refractivity contribution in [1.82, 2.24) is 29.6 Å². The Labute approximate surface area is 190 Å². The Morgan fingerprint density at radius 3 is 2.91 bits per heavy atom. The van der Waals surface area contributed by atoms with Crippen molar-refractivity contribution >= 4 is 22.7 Å². The molecule has 0 atom stereocenters. The molecule has 1 fully saturated rings. The molecule has 3 N–H and O–H groups in total. The van der Waals surface area contributed by atoms with Gasteiger partial charge in [-0.05, 0) is 61.2 Å². The first kappa shape index (κ1) is 20.1. The third kappa shape index (κ3) is 3.69. The van der Waals surface area contributed by atoms with E-state index in [1.165, 1.54) is 11.1 Å². The molecule has 2 aliphatic rings. The Bertz CT molecular complexity index is 1400. The number of nitrogens with zero attached hydrogens (tertiary/aromatic N) is 5. The number of aliphatic hydroxyl groups excluding tert-OH is 1. The monoisotopic (exact) mass is 443 g/mol. The van der Waals surface area contributed by atoms with E-state index in [1.807, 2.05) is 22.9 Å². The van der Waals surface area contributed by atoms with Gasteiger partial charge in [-0.1, -0.05) is 6.07 Å². The normalized spacial score (nSPS) is 15.5. The molecule has 4 aromatic rings. The highest BCUT2D eigenvalue weighted by Gasteiger charge is 2.31. The zero-order valence-electron chi connectivity index (χ0n) is 18.2. The number of nitrogens with one attached hydrogen (secondary N) is 2. The van der Waals surface area contributed by atoms with Gasteiger partial charge in [0, 0.05) is 43.3 Å². The molecule has 0 amide bonds. The lowest BCUT2D eigenvalue weighted by molar-refractivity contribution is 0.298. The molecule has 1 saturated carbocycles. The number of rotatable bonds is 6. The van der Waals surface area contributed by atoms with Crippen LogP contribution in [0.5, 0.6) is 0 Å². The molecule has 168 valence electrons. The van der Waals surface area contributed by atoms with Crippen LogP contribution in [-0.4, -0.2) is 42.6 Å². The van der Waals surface area contributed by atoms with Gasteiger partial charge >= 0.3 is 0 Å². The fourth-order valence-electron chi connectivity index (χ4n) is 4.49. The summed E-state index contributed by atoms with van der Waals surface area (Å²) < 4.78 is 3.66. The number of aliphatic hydroxyl groups is 1. The molecule has 9 heteroatoms. The molecular weight excluding hydrogens is 418 g/mol. The van der Waals surface area contributed by atoms with Gasteiger partial charge in [-0.25, -0.2) is 14.3 Å². The van der Waals surface area contributed by atoms with E-state index in [2.05, 4.69) is 32.7 Å². The van der Waals surface area contributed by atoms with E-state index in [4.69, 9.17) is 4.98 Å². The van der Waals surface area contributed by atoms with Gasteiger partial charge in [-0.3, -0.25) is 9.78 Å². The maximum absolute atomic E-state index is 13.2. The van der Waals surface area contributed by atoms with E-state index in [0.29, 0.717) is 23.4 Å². The van der Waals surface area contributed by atoms with Crippen LogP contribution in [0, 0.1) is 0 Å². The number of benzene rings is 1. The molecule has 33 heavy (non-hydrogen) atoms. The maximum atomic E-state index is 13.2. The number of hydrogen-bond donors (Lipinski definition) is 3. The lowest BCUT2D eigenvalue weighted by atomic mass is 10.0. The number of pyridine rings is 1. The Morgan fingerprint density at radius 2 is 2.06 bits per heavy atom. The summed E-state index contributed by atoms with van der Waals surface area (Å²) in [5.74, 6) is 0.447. The van der Waals surface area contributed by atoms with Crippen LogP contribution in [0.1, 0.15) is 35.7 Å². The molecule has 6 rings (SSSR count). The fraction of sp³-hybridized carbons (Fsp3) is 0.333. The predicted octanol–water partition coefficient (Wildman–Crippen LogP) is 2.24. The smallest absolute Gasteiger partial charge is 0.278 e. The summed E-state index contributed by atoms with van der Waals surface area (Å²) in [6.07, 6.45) is 6.69. The predicted molar refractivity (Wildman–Crippen MR) is 125 cm³/mol. The quantitative estimate of drug-likeness (QED) is 0.419. The van der Waals surface area contributed by atoms with Crippen molar-refractivity contribution in [2.24, 2.45) is 0 Å². The van der Waals surface area contributed by atoms with Crippen LogP contribution in [0.3, 0.4) is 0 Å². The topological polar surface area (TPSA) is 110 Å². The average molecular weight is 444 g/mol. The van der Waals surface area contributed by atoms with Gasteiger partial charge in [0.1, 0.15) is 5.39 Å².